The van der Waals surface area contributed by atoms with Gasteiger partial charge < -0.3 is 20.1 Å². The minimum absolute atomic E-state index is 0.0738. The first-order chi connectivity index (χ1) is 12.7. The molecule has 1 saturated heterocycles. The van der Waals surface area contributed by atoms with Crippen molar-refractivity contribution in [2.45, 2.75) is 50.9 Å². The van der Waals surface area contributed by atoms with Gasteiger partial charge in [-0.15, -0.1) is 0 Å². The number of hydrogen-bond donors (Lipinski definition) is 2. The van der Waals surface area contributed by atoms with Gasteiger partial charge in [0.2, 0.25) is 0 Å². The fraction of sp³-hybridized carbons (Fsp3) is 0.667. The molecule has 2 N–H and O–H groups in total. The number of aliphatic imine (C=N–C) groups is 1. The van der Waals surface area contributed by atoms with Crippen LogP contribution >= 0.6 is 0 Å². The van der Waals surface area contributed by atoms with E-state index < -0.39 is 0 Å². The molecule has 1 heterocycles. The topological polar surface area (TPSA) is 54.9 Å². The Hall–Kier alpha value is -1.75. The molecule has 0 saturated carbocycles. The summed E-state index contributed by atoms with van der Waals surface area (Å²) in [6.45, 7) is 5.67. The SMILES string of the molecule is CCCCCCNC(=NC)NCC1(c2ccc(OC)cc2)CCOCC1. The van der Waals surface area contributed by atoms with Gasteiger partial charge in [0.15, 0.2) is 5.96 Å². The molecule has 0 aliphatic carbocycles. The molecule has 2 rings (SSSR count). The Morgan fingerprint density at radius 2 is 1.85 bits per heavy atom. The number of unbranched alkanes of at least 4 members (excludes halogenated alkanes) is 3. The van der Waals surface area contributed by atoms with E-state index in [0.717, 1.165) is 50.9 Å². The third kappa shape index (κ3) is 5.90. The number of benzene rings is 1. The lowest BCUT2D eigenvalue weighted by Crippen LogP contribution is -2.48. The number of nitrogens with zero attached hydrogens (tertiary/aromatic N) is 1. The highest BCUT2D eigenvalue weighted by Gasteiger charge is 2.34. The molecule has 5 nitrogen and oxygen atoms in total. The van der Waals surface area contributed by atoms with Gasteiger partial charge in [-0.3, -0.25) is 4.99 Å². The van der Waals surface area contributed by atoms with Crippen LogP contribution in [0.2, 0.25) is 0 Å². The minimum Gasteiger partial charge on any atom is -0.497 e. The maximum atomic E-state index is 5.63. The molecule has 1 aliphatic heterocycles. The van der Waals surface area contributed by atoms with Crippen molar-refractivity contribution in [3.8, 4) is 5.75 Å². The third-order valence-electron chi connectivity index (χ3n) is 5.29. The van der Waals surface area contributed by atoms with Crippen LogP contribution < -0.4 is 15.4 Å². The molecule has 0 atom stereocenters. The lowest BCUT2D eigenvalue weighted by atomic mass is 9.74. The van der Waals surface area contributed by atoms with Gasteiger partial charge in [-0.05, 0) is 37.0 Å². The molecule has 0 radical (unpaired) electrons. The first kappa shape index (κ1) is 20.6. The van der Waals surface area contributed by atoms with Crippen molar-refractivity contribution in [2.75, 3.05) is 40.5 Å². The quantitative estimate of drug-likeness (QED) is 0.402. The van der Waals surface area contributed by atoms with Crippen LogP contribution in [-0.2, 0) is 10.2 Å². The third-order valence-corrected chi connectivity index (χ3v) is 5.29. The van der Waals surface area contributed by atoms with Gasteiger partial charge in [-0.2, -0.15) is 0 Å². The molecule has 26 heavy (non-hydrogen) atoms. The average molecular weight is 362 g/mol. The Balaban J connectivity index is 1.96. The zero-order valence-corrected chi connectivity index (χ0v) is 16.6. The Kier molecular flexibility index (Phi) is 8.75. The lowest BCUT2D eigenvalue weighted by Gasteiger charge is -2.38. The van der Waals surface area contributed by atoms with Crippen LogP contribution in [-0.4, -0.2) is 46.4 Å². The van der Waals surface area contributed by atoms with Gasteiger partial charge in [0, 0.05) is 38.8 Å². The summed E-state index contributed by atoms with van der Waals surface area (Å²) < 4.78 is 10.9. The highest BCUT2D eigenvalue weighted by molar-refractivity contribution is 5.79. The second kappa shape index (κ2) is 11.1. The highest BCUT2D eigenvalue weighted by atomic mass is 16.5. The summed E-state index contributed by atoms with van der Waals surface area (Å²) in [4.78, 5) is 4.39. The van der Waals surface area contributed by atoms with Gasteiger partial charge in [0.25, 0.3) is 0 Å². The molecule has 0 aromatic heterocycles. The van der Waals surface area contributed by atoms with E-state index >= 15 is 0 Å². The summed E-state index contributed by atoms with van der Waals surface area (Å²) in [6, 6.07) is 8.47. The average Bonchev–Trinajstić information content (AvgIpc) is 2.71. The standard InChI is InChI=1S/C21H35N3O2/c1-4-5-6-7-14-23-20(22-2)24-17-21(12-15-26-16-13-21)18-8-10-19(25-3)11-9-18/h8-11H,4-7,12-17H2,1-3H3,(H2,22,23,24). The second-order valence-corrected chi connectivity index (χ2v) is 7.03. The summed E-state index contributed by atoms with van der Waals surface area (Å²) in [5.41, 5.74) is 1.41. The van der Waals surface area contributed by atoms with E-state index in [0.29, 0.717) is 0 Å². The van der Waals surface area contributed by atoms with Crippen LogP contribution in [0.5, 0.6) is 5.75 Å². The first-order valence-electron chi connectivity index (χ1n) is 9.91. The fourth-order valence-corrected chi connectivity index (χ4v) is 3.51. The van der Waals surface area contributed by atoms with Crippen LogP contribution in [0.4, 0.5) is 0 Å². The predicted octanol–water partition coefficient (Wildman–Crippen LogP) is 3.49. The van der Waals surface area contributed by atoms with Crippen LogP contribution in [0.1, 0.15) is 51.0 Å². The maximum absolute atomic E-state index is 5.63. The first-order valence-corrected chi connectivity index (χ1v) is 9.91. The zero-order chi connectivity index (χ0) is 18.7. The highest BCUT2D eigenvalue weighted by Crippen LogP contribution is 2.35. The summed E-state index contributed by atoms with van der Waals surface area (Å²) >= 11 is 0. The predicted molar refractivity (Wildman–Crippen MR) is 108 cm³/mol. The number of methoxy groups -OCH3 is 1. The van der Waals surface area contributed by atoms with Crippen molar-refractivity contribution in [1.82, 2.24) is 10.6 Å². The molecular weight excluding hydrogens is 326 g/mol. The Labute approximate surface area is 158 Å². The van der Waals surface area contributed by atoms with E-state index in [1.807, 2.05) is 19.2 Å². The van der Waals surface area contributed by atoms with Crippen molar-refractivity contribution in [3.63, 3.8) is 0 Å². The largest absolute Gasteiger partial charge is 0.497 e. The van der Waals surface area contributed by atoms with E-state index in [-0.39, 0.29) is 5.41 Å². The zero-order valence-electron chi connectivity index (χ0n) is 16.6. The number of ether oxygens (including phenoxy) is 2. The van der Waals surface area contributed by atoms with Crippen molar-refractivity contribution >= 4 is 5.96 Å². The fourth-order valence-electron chi connectivity index (χ4n) is 3.51. The molecular formula is C21H35N3O2. The van der Waals surface area contributed by atoms with Crippen LogP contribution in [0.15, 0.2) is 29.3 Å². The van der Waals surface area contributed by atoms with E-state index in [9.17, 15) is 0 Å². The van der Waals surface area contributed by atoms with Crippen molar-refractivity contribution in [2.24, 2.45) is 4.99 Å². The summed E-state index contributed by atoms with van der Waals surface area (Å²) in [5, 5.41) is 6.99. The lowest BCUT2D eigenvalue weighted by molar-refractivity contribution is 0.0513. The molecule has 146 valence electrons. The Morgan fingerprint density at radius 3 is 2.46 bits per heavy atom. The number of hydrogen-bond acceptors (Lipinski definition) is 3. The molecule has 0 amide bonds. The summed E-state index contributed by atoms with van der Waals surface area (Å²) in [6.07, 6.45) is 7.05. The van der Waals surface area contributed by atoms with E-state index in [1.165, 1.54) is 31.2 Å². The molecule has 1 aromatic carbocycles. The summed E-state index contributed by atoms with van der Waals surface area (Å²) in [5.74, 6) is 1.79. The number of rotatable bonds is 9. The van der Waals surface area contributed by atoms with E-state index in [1.54, 1.807) is 7.11 Å². The maximum Gasteiger partial charge on any atom is 0.191 e. The van der Waals surface area contributed by atoms with Crippen LogP contribution in [0, 0.1) is 0 Å². The van der Waals surface area contributed by atoms with Crippen LogP contribution in [0.25, 0.3) is 0 Å². The normalized spacial score (nSPS) is 17.0. The molecule has 1 aromatic rings. The van der Waals surface area contributed by atoms with Crippen molar-refractivity contribution < 1.29 is 9.47 Å². The molecule has 1 fully saturated rings. The van der Waals surface area contributed by atoms with Crippen LogP contribution in [0.3, 0.4) is 0 Å². The minimum atomic E-state index is 0.0738. The number of nitrogens with one attached hydrogen (secondary N) is 2. The molecule has 0 spiro atoms. The molecule has 0 unspecified atom stereocenters. The second-order valence-electron chi connectivity index (χ2n) is 7.03. The van der Waals surface area contributed by atoms with Gasteiger partial charge >= 0.3 is 0 Å². The monoisotopic (exact) mass is 361 g/mol. The molecule has 5 heteroatoms. The summed E-state index contributed by atoms with van der Waals surface area (Å²) in [7, 11) is 3.54. The van der Waals surface area contributed by atoms with Gasteiger partial charge in [-0.1, -0.05) is 38.3 Å². The molecule has 1 aliphatic rings. The smallest absolute Gasteiger partial charge is 0.191 e. The van der Waals surface area contributed by atoms with E-state index in [4.69, 9.17) is 9.47 Å². The molecule has 0 bridgehead atoms. The van der Waals surface area contributed by atoms with Gasteiger partial charge in [0.05, 0.1) is 7.11 Å². The van der Waals surface area contributed by atoms with Crippen molar-refractivity contribution in [1.29, 1.82) is 0 Å². The Bertz CT molecular complexity index is 537. The van der Waals surface area contributed by atoms with Crippen molar-refractivity contribution in [3.05, 3.63) is 29.8 Å². The Morgan fingerprint density at radius 1 is 1.12 bits per heavy atom. The number of guanidine groups is 1. The van der Waals surface area contributed by atoms with E-state index in [2.05, 4.69) is 34.7 Å². The van der Waals surface area contributed by atoms with Gasteiger partial charge in [-0.25, -0.2) is 0 Å². The van der Waals surface area contributed by atoms with Gasteiger partial charge in [0.1, 0.15) is 5.75 Å².